The third-order valence-electron chi connectivity index (χ3n) is 4.06. The number of hydrogen-bond acceptors (Lipinski definition) is 2. The van der Waals surface area contributed by atoms with Crippen molar-refractivity contribution < 1.29 is 5.11 Å². The lowest BCUT2D eigenvalue weighted by Crippen LogP contribution is -2.47. The van der Waals surface area contributed by atoms with Crippen molar-refractivity contribution >= 4 is 0 Å². The van der Waals surface area contributed by atoms with E-state index in [0.717, 1.165) is 38.8 Å². The van der Waals surface area contributed by atoms with Crippen LogP contribution in [0.3, 0.4) is 0 Å². The molecule has 0 heterocycles. The second-order valence-corrected chi connectivity index (χ2v) is 5.49. The fourth-order valence-electron chi connectivity index (χ4n) is 3.08. The lowest BCUT2D eigenvalue weighted by Gasteiger charge is -2.40. The van der Waals surface area contributed by atoms with Crippen LogP contribution in [0.5, 0.6) is 0 Å². The highest BCUT2D eigenvalue weighted by Crippen LogP contribution is 2.40. The Balaban J connectivity index is 2.10. The van der Waals surface area contributed by atoms with Gasteiger partial charge in [0.15, 0.2) is 0 Å². The van der Waals surface area contributed by atoms with Crippen molar-refractivity contribution in [1.29, 1.82) is 0 Å². The Morgan fingerprint density at radius 1 is 1.28 bits per heavy atom. The smallest absolute Gasteiger partial charge is 0.0839 e. The van der Waals surface area contributed by atoms with E-state index in [2.05, 4.69) is 36.5 Å². The quantitative estimate of drug-likeness (QED) is 0.784. The minimum atomic E-state index is -0.561. The summed E-state index contributed by atoms with van der Waals surface area (Å²) < 4.78 is 0. The SMILES string of the molecule is CCCNCC1(O)CCCCC1c1ccccc1. The van der Waals surface area contributed by atoms with Crippen LogP contribution in [0.1, 0.15) is 50.5 Å². The molecule has 2 unspecified atom stereocenters. The summed E-state index contributed by atoms with van der Waals surface area (Å²) in [7, 11) is 0. The van der Waals surface area contributed by atoms with E-state index in [0.29, 0.717) is 0 Å². The highest BCUT2D eigenvalue weighted by Gasteiger charge is 2.39. The van der Waals surface area contributed by atoms with Gasteiger partial charge in [-0.25, -0.2) is 0 Å². The van der Waals surface area contributed by atoms with Crippen LogP contribution in [0.4, 0.5) is 0 Å². The Bertz CT molecular complexity index is 351. The van der Waals surface area contributed by atoms with Gasteiger partial charge in [0.05, 0.1) is 5.60 Å². The highest BCUT2D eigenvalue weighted by molar-refractivity contribution is 5.24. The zero-order chi connectivity index (χ0) is 12.8. The molecule has 1 fully saturated rings. The van der Waals surface area contributed by atoms with Crippen molar-refractivity contribution in [3.63, 3.8) is 0 Å². The Hall–Kier alpha value is -0.860. The van der Waals surface area contributed by atoms with E-state index in [1.807, 2.05) is 6.07 Å². The zero-order valence-corrected chi connectivity index (χ0v) is 11.4. The van der Waals surface area contributed by atoms with E-state index in [-0.39, 0.29) is 5.92 Å². The second-order valence-electron chi connectivity index (χ2n) is 5.49. The fourth-order valence-corrected chi connectivity index (χ4v) is 3.08. The van der Waals surface area contributed by atoms with E-state index in [9.17, 15) is 5.11 Å². The number of nitrogens with one attached hydrogen (secondary N) is 1. The fraction of sp³-hybridized carbons (Fsp3) is 0.625. The summed E-state index contributed by atoms with van der Waals surface area (Å²) in [5, 5.41) is 14.3. The lowest BCUT2D eigenvalue weighted by molar-refractivity contribution is -0.0157. The van der Waals surface area contributed by atoms with Crippen LogP contribution in [-0.2, 0) is 0 Å². The normalized spacial score (nSPS) is 28.2. The molecule has 1 saturated carbocycles. The highest BCUT2D eigenvalue weighted by atomic mass is 16.3. The molecule has 1 aromatic carbocycles. The predicted molar refractivity (Wildman–Crippen MR) is 75.8 cm³/mol. The van der Waals surface area contributed by atoms with E-state index in [4.69, 9.17) is 0 Å². The van der Waals surface area contributed by atoms with Gasteiger partial charge in [0.25, 0.3) is 0 Å². The molecule has 0 radical (unpaired) electrons. The molecule has 0 bridgehead atoms. The molecule has 1 aliphatic rings. The Morgan fingerprint density at radius 2 is 2.06 bits per heavy atom. The van der Waals surface area contributed by atoms with Crippen molar-refractivity contribution in [1.82, 2.24) is 5.32 Å². The van der Waals surface area contributed by atoms with E-state index in [1.54, 1.807) is 0 Å². The minimum Gasteiger partial charge on any atom is -0.388 e. The van der Waals surface area contributed by atoms with Crippen molar-refractivity contribution in [2.45, 2.75) is 50.5 Å². The molecule has 100 valence electrons. The molecular formula is C16H25NO. The van der Waals surface area contributed by atoms with Crippen LogP contribution >= 0.6 is 0 Å². The monoisotopic (exact) mass is 247 g/mol. The first kappa shape index (κ1) is 13.6. The van der Waals surface area contributed by atoms with Crippen molar-refractivity contribution in [2.24, 2.45) is 0 Å². The van der Waals surface area contributed by atoms with Crippen LogP contribution in [0.2, 0.25) is 0 Å². The first-order valence-corrected chi connectivity index (χ1v) is 7.24. The first-order chi connectivity index (χ1) is 8.76. The van der Waals surface area contributed by atoms with Gasteiger partial charge in [-0.2, -0.15) is 0 Å². The van der Waals surface area contributed by atoms with Crippen LogP contribution in [-0.4, -0.2) is 23.8 Å². The molecule has 1 aliphatic carbocycles. The molecule has 2 nitrogen and oxygen atoms in total. The predicted octanol–water partition coefficient (Wildman–Crippen LogP) is 3.07. The number of rotatable bonds is 5. The molecule has 2 rings (SSSR count). The molecule has 0 aromatic heterocycles. The Kier molecular flexibility index (Phi) is 4.79. The zero-order valence-electron chi connectivity index (χ0n) is 11.4. The molecule has 0 amide bonds. The minimum absolute atomic E-state index is 0.289. The summed E-state index contributed by atoms with van der Waals surface area (Å²) in [6.45, 7) is 3.87. The molecule has 0 saturated heterocycles. The van der Waals surface area contributed by atoms with Gasteiger partial charge >= 0.3 is 0 Å². The third-order valence-corrected chi connectivity index (χ3v) is 4.06. The number of aliphatic hydroxyl groups is 1. The summed E-state index contributed by atoms with van der Waals surface area (Å²) in [4.78, 5) is 0. The van der Waals surface area contributed by atoms with E-state index >= 15 is 0 Å². The summed E-state index contributed by atoms with van der Waals surface area (Å²) in [6.07, 6.45) is 5.52. The average Bonchev–Trinajstić information content (AvgIpc) is 2.40. The number of benzene rings is 1. The average molecular weight is 247 g/mol. The van der Waals surface area contributed by atoms with Gasteiger partial charge in [-0.15, -0.1) is 0 Å². The van der Waals surface area contributed by atoms with Crippen LogP contribution in [0, 0.1) is 0 Å². The lowest BCUT2D eigenvalue weighted by atomic mass is 9.72. The molecule has 0 spiro atoms. The molecule has 2 atom stereocenters. The Labute approximate surface area is 110 Å². The van der Waals surface area contributed by atoms with Gasteiger partial charge < -0.3 is 10.4 Å². The van der Waals surface area contributed by atoms with Crippen LogP contribution < -0.4 is 5.32 Å². The van der Waals surface area contributed by atoms with Crippen molar-refractivity contribution in [3.05, 3.63) is 35.9 Å². The van der Waals surface area contributed by atoms with Gasteiger partial charge in [0.1, 0.15) is 0 Å². The molecule has 2 N–H and O–H groups in total. The molecule has 0 aliphatic heterocycles. The summed E-state index contributed by atoms with van der Waals surface area (Å²) in [5.74, 6) is 0.289. The molecule has 2 heteroatoms. The van der Waals surface area contributed by atoms with E-state index < -0.39 is 5.60 Å². The van der Waals surface area contributed by atoms with E-state index in [1.165, 1.54) is 12.0 Å². The van der Waals surface area contributed by atoms with Crippen molar-refractivity contribution in [2.75, 3.05) is 13.1 Å². The van der Waals surface area contributed by atoms with Gasteiger partial charge in [0, 0.05) is 12.5 Å². The van der Waals surface area contributed by atoms with Crippen LogP contribution in [0.25, 0.3) is 0 Å². The molecule has 18 heavy (non-hydrogen) atoms. The first-order valence-electron chi connectivity index (χ1n) is 7.24. The van der Waals surface area contributed by atoms with Crippen molar-refractivity contribution in [3.8, 4) is 0 Å². The van der Waals surface area contributed by atoms with Gasteiger partial charge in [-0.3, -0.25) is 0 Å². The van der Waals surface area contributed by atoms with Gasteiger partial charge in [-0.05, 0) is 31.4 Å². The maximum atomic E-state index is 10.9. The summed E-state index contributed by atoms with van der Waals surface area (Å²) in [6, 6.07) is 10.5. The largest absolute Gasteiger partial charge is 0.388 e. The number of hydrogen-bond donors (Lipinski definition) is 2. The topological polar surface area (TPSA) is 32.3 Å². The second kappa shape index (κ2) is 6.35. The standard InChI is InChI=1S/C16H25NO/c1-2-12-17-13-16(18)11-7-6-10-15(16)14-8-4-3-5-9-14/h3-5,8-9,15,17-18H,2,6-7,10-13H2,1H3. The van der Waals surface area contributed by atoms with Gasteiger partial charge in [-0.1, -0.05) is 50.1 Å². The Morgan fingerprint density at radius 3 is 2.78 bits per heavy atom. The third kappa shape index (κ3) is 3.12. The maximum absolute atomic E-state index is 10.9. The molecule has 1 aromatic rings. The van der Waals surface area contributed by atoms with Crippen LogP contribution in [0.15, 0.2) is 30.3 Å². The molecular weight excluding hydrogens is 222 g/mol. The summed E-state index contributed by atoms with van der Waals surface area (Å²) >= 11 is 0. The van der Waals surface area contributed by atoms with Gasteiger partial charge in [0.2, 0.25) is 0 Å². The maximum Gasteiger partial charge on any atom is 0.0839 e. The summed E-state index contributed by atoms with van der Waals surface area (Å²) in [5.41, 5.74) is 0.729.